The molecule has 0 aliphatic rings. The van der Waals surface area contributed by atoms with E-state index < -0.39 is 28.5 Å². The zero-order valence-electron chi connectivity index (χ0n) is 18.8. The van der Waals surface area contributed by atoms with Crippen LogP contribution in [0.15, 0.2) is 48.5 Å². The van der Waals surface area contributed by atoms with Gasteiger partial charge < -0.3 is 10.2 Å². The Morgan fingerprint density at radius 1 is 1.09 bits per heavy atom. The molecular weight excluding hydrogens is 450 g/mol. The van der Waals surface area contributed by atoms with Gasteiger partial charge in [0, 0.05) is 18.1 Å². The number of carbonyl (C=O) groups is 2. The molecule has 0 fully saturated rings. The van der Waals surface area contributed by atoms with Gasteiger partial charge in [-0.25, -0.2) is 8.42 Å². The van der Waals surface area contributed by atoms with Crippen LogP contribution in [0.4, 0.5) is 5.69 Å². The summed E-state index contributed by atoms with van der Waals surface area (Å²) in [6, 6.07) is 13.7. The second kappa shape index (κ2) is 11.3. The highest BCUT2D eigenvalue weighted by molar-refractivity contribution is 7.92. The number of hydrogen-bond donors (Lipinski definition) is 1. The van der Waals surface area contributed by atoms with Crippen LogP contribution in [0.2, 0.25) is 5.02 Å². The number of anilines is 1. The number of carbonyl (C=O) groups excluding carboxylic acids is 2. The van der Waals surface area contributed by atoms with Gasteiger partial charge in [-0.1, -0.05) is 48.0 Å². The average molecular weight is 480 g/mol. The molecule has 2 aromatic carbocycles. The maximum atomic E-state index is 13.3. The van der Waals surface area contributed by atoms with E-state index in [4.69, 9.17) is 11.6 Å². The van der Waals surface area contributed by atoms with Crippen molar-refractivity contribution in [3.05, 3.63) is 64.7 Å². The van der Waals surface area contributed by atoms with E-state index >= 15 is 0 Å². The van der Waals surface area contributed by atoms with Crippen LogP contribution in [-0.2, 0) is 26.0 Å². The van der Waals surface area contributed by atoms with E-state index in [0.29, 0.717) is 29.2 Å². The molecule has 0 aliphatic heterocycles. The number of halogens is 1. The SMILES string of the molecule is CCNC(=O)[C@@H](C)N(CCc1ccccc1)C(=O)CN(c1cccc(Cl)c1C)S(C)(=O)=O. The summed E-state index contributed by atoms with van der Waals surface area (Å²) < 4.78 is 26.2. The molecule has 0 aromatic heterocycles. The van der Waals surface area contributed by atoms with E-state index in [-0.39, 0.29) is 12.5 Å². The molecule has 0 radical (unpaired) electrons. The molecule has 2 rings (SSSR count). The zero-order valence-corrected chi connectivity index (χ0v) is 20.4. The fourth-order valence-corrected chi connectivity index (χ4v) is 4.42. The molecule has 1 atom stereocenters. The van der Waals surface area contributed by atoms with Gasteiger partial charge in [-0.3, -0.25) is 13.9 Å². The monoisotopic (exact) mass is 479 g/mol. The molecule has 174 valence electrons. The van der Waals surface area contributed by atoms with Gasteiger partial charge in [0.1, 0.15) is 12.6 Å². The lowest BCUT2D eigenvalue weighted by atomic mass is 10.1. The number of rotatable bonds is 10. The lowest BCUT2D eigenvalue weighted by molar-refractivity contribution is -0.138. The van der Waals surface area contributed by atoms with Gasteiger partial charge in [-0.15, -0.1) is 0 Å². The van der Waals surface area contributed by atoms with Crippen LogP contribution in [0.5, 0.6) is 0 Å². The highest BCUT2D eigenvalue weighted by Crippen LogP contribution is 2.28. The summed E-state index contributed by atoms with van der Waals surface area (Å²) in [5.74, 6) is -0.761. The summed E-state index contributed by atoms with van der Waals surface area (Å²) in [6.45, 7) is 5.41. The molecule has 0 bridgehead atoms. The topological polar surface area (TPSA) is 86.8 Å². The Morgan fingerprint density at radius 2 is 1.75 bits per heavy atom. The summed E-state index contributed by atoms with van der Waals surface area (Å²) in [4.78, 5) is 27.3. The quantitative estimate of drug-likeness (QED) is 0.567. The second-order valence-corrected chi connectivity index (χ2v) is 9.86. The molecule has 1 N–H and O–H groups in total. The average Bonchev–Trinajstić information content (AvgIpc) is 2.74. The number of benzene rings is 2. The molecule has 0 aliphatic carbocycles. The molecule has 9 heteroatoms. The number of nitrogens with one attached hydrogen (secondary N) is 1. The molecule has 2 amide bonds. The van der Waals surface area contributed by atoms with Crippen molar-refractivity contribution in [1.82, 2.24) is 10.2 Å². The molecule has 2 aromatic rings. The second-order valence-electron chi connectivity index (χ2n) is 7.55. The molecule has 32 heavy (non-hydrogen) atoms. The van der Waals surface area contributed by atoms with Crippen molar-refractivity contribution in [2.75, 3.05) is 30.2 Å². The summed E-state index contributed by atoms with van der Waals surface area (Å²) in [5, 5.41) is 3.13. The number of nitrogens with zero attached hydrogens (tertiary/aromatic N) is 2. The molecule has 0 spiro atoms. The first-order valence-corrected chi connectivity index (χ1v) is 12.6. The third-order valence-electron chi connectivity index (χ3n) is 5.19. The van der Waals surface area contributed by atoms with Crippen LogP contribution in [0.1, 0.15) is 25.0 Å². The fourth-order valence-electron chi connectivity index (χ4n) is 3.35. The van der Waals surface area contributed by atoms with E-state index in [1.807, 2.05) is 30.3 Å². The van der Waals surface area contributed by atoms with Crippen molar-refractivity contribution in [2.45, 2.75) is 33.2 Å². The zero-order chi connectivity index (χ0) is 23.9. The maximum Gasteiger partial charge on any atom is 0.244 e. The maximum absolute atomic E-state index is 13.3. The largest absolute Gasteiger partial charge is 0.355 e. The highest BCUT2D eigenvalue weighted by atomic mass is 35.5. The summed E-state index contributed by atoms with van der Waals surface area (Å²) in [7, 11) is -3.78. The van der Waals surface area contributed by atoms with E-state index in [9.17, 15) is 18.0 Å². The highest BCUT2D eigenvalue weighted by Gasteiger charge is 2.30. The molecular formula is C23H30ClN3O4S. The van der Waals surface area contributed by atoms with Crippen LogP contribution in [0, 0.1) is 6.92 Å². The van der Waals surface area contributed by atoms with Crippen LogP contribution in [0.3, 0.4) is 0 Å². The normalized spacial score (nSPS) is 12.2. The third kappa shape index (κ3) is 6.71. The van der Waals surface area contributed by atoms with E-state index in [2.05, 4.69) is 5.32 Å². The lowest BCUT2D eigenvalue weighted by Gasteiger charge is -2.32. The van der Waals surface area contributed by atoms with Gasteiger partial charge >= 0.3 is 0 Å². The van der Waals surface area contributed by atoms with Crippen LogP contribution < -0.4 is 9.62 Å². The number of sulfonamides is 1. The molecule has 0 unspecified atom stereocenters. The van der Waals surface area contributed by atoms with Crippen LogP contribution in [0.25, 0.3) is 0 Å². The van der Waals surface area contributed by atoms with Crippen molar-refractivity contribution < 1.29 is 18.0 Å². The molecule has 0 saturated heterocycles. The fraction of sp³-hybridized carbons (Fsp3) is 0.391. The van der Waals surface area contributed by atoms with Gasteiger partial charge in [-0.2, -0.15) is 0 Å². The lowest BCUT2D eigenvalue weighted by Crippen LogP contribution is -2.52. The molecule has 7 nitrogen and oxygen atoms in total. The van der Waals surface area contributed by atoms with E-state index in [1.165, 1.54) is 4.90 Å². The van der Waals surface area contributed by atoms with Crippen molar-refractivity contribution in [3.63, 3.8) is 0 Å². The summed E-state index contributed by atoms with van der Waals surface area (Å²) >= 11 is 6.18. The van der Waals surface area contributed by atoms with Crippen LogP contribution >= 0.6 is 11.6 Å². The minimum atomic E-state index is -3.78. The Bertz CT molecular complexity index is 1040. The smallest absolute Gasteiger partial charge is 0.244 e. The first kappa shape index (κ1) is 25.7. The summed E-state index contributed by atoms with van der Waals surface area (Å²) in [5.41, 5.74) is 1.90. The van der Waals surface area contributed by atoms with Gasteiger partial charge in [0.05, 0.1) is 11.9 Å². The van der Waals surface area contributed by atoms with E-state index in [1.54, 1.807) is 39.0 Å². The standard InChI is InChI=1S/C23H30ClN3O4S/c1-5-25-23(29)18(3)26(15-14-19-10-7-6-8-11-19)22(28)16-27(32(4,30)31)21-13-9-12-20(24)17(21)2/h6-13,18H,5,14-16H2,1-4H3,(H,25,29)/t18-/m1/s1. The number of likely N-dealkylation sites (N-methyl/N-ethyl adjacent to an activating group) is 1. The van der Waals surface area contributed by atoms with E-state index in [0.717, 1.165) is 16.1 Å². The van der Waals surface area contributed by atoms with Gasteiger partial charge in [0.25, 0.3) is 0 Å². The van der Waals surface area contributed by atoms with Crippen molar-refractivity contribution in [2.24, 2.45) is 0 Å². The Labute approximate surface area is 195 Å². The van der Waals surface area contributed by atoms with Crippen LogP contribution in [-0.4, -0.2) is 57.1 Å². The van der Waals surface area contributed by atoms with Gasteiger partial charge in [0.15, 0.2) is 0 Å². The minimum Gasteiger partial charge on any atom is -0.355 e. The molecule has 0 heterocycles. The Kier molecular flexibility index (Phi) is 9.09. The van der Waals surface area contributed by atoms with Gasteiger partial charge in [0.2, 0.25) is 21.8 Å². The Hall–Kier alpha value is -2.58. The number of hydrogen-bond acceptors (Lipinski definition) is 4. The summed E-state index contributed by atoms with van der Waals surface area (Å²) in [6.07, 6.45) is 1.58. The molecule has 0 saturated carbocycles. The Balaban J connectivity index is 2.34. The third-order valence-corrected chi connectivity index (χ3v) is 6.73. The number of amides is 2. The van der Waals surface area contributed by atoms with Crippen molar-refractivity contribution in [1.29, 1.82) is 0 Å². The predicted molar refractivity (Wildman–Crippen MR) is 128 cm³/mol. The predicted octanol–water partition coefficient (Wildman–Crippen LogP) is 3.01. The first-order valence-electron chi connectivity index (χ1n) is 10.4. The Morgan fingerprint density at radius 3 is 2.34 bits per heavy atom. The van der Waals surface area contributed by atoms with Crippen molar-refractivity contribution in [3.8, 4) is 0 Å². The minimum absolute atomic E-state index is 0.271. The van der Waals surface area contributed by atoms with Gasteiger partial charge in [-0.05, 0) is 50.5 Å². The first-order chi connectivity index (χ1) is 15.1. The van der Waals surface area contributed by atoms with Crippen molar-refractivity contribution >= 4 is 39.1 Å².